The molecule has 0 N–H and O–H groups in total. The summed E-state index contributed by atoms with van der Waals surface area (Å²) in [6, 6.07) is 8.34. The monoisotopic (exact) mass is 254 g/mol. The quantitative estimate of drug-likeness (QED) is 0.658. The van der Waals surface area contributed by atoms with Gasteiger partial charge in [-0.05, 0) is 42.8 Å². The topological polar surface area (TPSA) is 34.4 Å². The number of nitrogens with zero attached hydrogens (tertiary/aromatic N) is 2. The first kappa shape index (κ1) is 11.6. The van der Waals surface area contributed by atoms with Crippen molar-refractivity contribution >= 4 is 11.9 Å². The molecule has 1 aromatic carbocycles. The molecule has 19 heavy (non-hydrogen) atoms. The van der Waals surface area contributed by atoms with Gasteiger partial charge in [-0.2, -0.15) is 0 Å². The fourth-order valence-electron chi connectivity index (χ4n) is 2.01. The van der Waals surface area contributed by atoms with E-state index in [1.807, 2.05) is 10.6 Å². The maximum Gasteiger partial charge on any atom is 0.150 e. The molecule has 0 aliphatic rings. The molecule has 0 atom stereocenters. The van der Waals surface area contributed by atoms with Crippen LogP contribution in [0.25, 0.3) is 16.9 Å². The number of halogens is 1. The van der Waals surface area contributed by atoms with Crippen LogP contribution in [0.4, 0.5) is 4.39 Å². The summed E-state index contributed by atoms with van der Waals surface area (Å²) in [4.78, 5) is 15.2. The number of pyridine rings is 1. The first-order valence-electron chi connectivity index (χ1n) is 5.88. The fourth-order valence-corrected chi connectivity index (χ4v) is 2.01. The minimum Gasteiger partial charge on any atom is -0.306 e. The standard InChI is InChI=1S/C15H11FN2O/c1-10-6-12(2-3-13(10)16)14-8-18-5-4-11(9-19)7-15(18)17-14/h2-9H,1H3. The highest BCUT2D eigenvalue weighted by atomic mass is 19.1. The summed E-state index contributed by atoms with van der Waals surface area (Å²) in [5.74, 6) is -0.226. The lowest BCUT2D eigenvalue weighted by molar-refractivity contribution is 0.112. The summed E-state index contributed by atoms with van der Waals surface area (Å²) in [7, 11) is 0. The van der Waals surface area contributed by atoms with Gasteiger partial charge in [0.1, 0.15) is 17.8 Å². The van der Waals surface area contributed by atoms with Gasteiger partial charge in [0.15, 0.2) is 0 Å². The molecule has 3 nitrogen and oxygen atoms in total. The van der Waals surface area contributed by atoms with Crippen molar-refractivity contribution in [1.29, 1.82) is 0 Å². The van der Waals surface area contributed by atoms with Gasteiger partial charge in [-0.1, -0.05) is 0 Å². The third kappa shape index (κ3) is 2.01. The van der Waals surface area contributed by atoms with E-state index in [-0.39, 0.29) is 5.82 Å². The van der Waals surface area contributed by atoms with Gasteiger partial charge < -0.3 is 4.40 Å². The average Bonchev–Trinajstić information content (AvgIpc) is 2.84. The van der Waals surface area contributed by atoms with Crippen LogP contribution >= 0.6 is 0 Å². The number of aryl methyl sites for hydroxylation is 1. The summed E-state index contributed by atoms with van der Waals surface area (Å²) >= 11 is 0. The minimum atomic E-state index is -0.226. The van der Waals surface area contributed by atoms with E-state index in [2.05, 4.69) is 4.98 Å². The van der Waals surface area contributed by atoms with Crippen LogP contribution in [0.2, 0.25) is 0 Å². The van der Waals surface area contributed by atoms with Crippen LogP contribution in [-0.2, 0) is 0 Å². The molecule has 0 spiro atoms. The molecule has 2 aromatic heterocycles. The smallest absolute Gasteiger partial charge is 0.150 e. The number of carbonyl (C=O) groups excluding carboxylic acids is 1. The van der Waals surface area contributed by atoms with Gasteiger partial charge in [0.25, 0.3) is 0 Å². The molecule has 0 aliphatic carbocycles. The van der Waals surface area contributed by atoms with E-state index in [9.17, 15) is 9.18 Å². The highest BCUT2D eigenvalue weighted by molar-refractivity contribution is 5.77. The second-order valence-corrected chi connectivity index (χ2v) is 4.43. The number of aromatic nitrogens is 2. The Hall–Kier alpha value is -2.49. The number of fused-ring (bicyclic) bond motifs is 1. The minimum absolute atomic E-state index is 0.226. The van der Waals surface area contributed by atoms with E-state index in [1.54, 1.807) is 37.4 Å². The second-order valence-electron chi connectivity index (χ2n) is 4.43. The van der Waals surface area contributed by atoms with Crippen LogP contribution in [0.3, 0.4) is 0 Å². The Labute approximate surface area is 109 Å². The first-order chi connectivity index (χ1) is 9.17. The molecular weight excluding hydrogens is 243 g/mol. The van der Waals surface area contributed by atoms with Crippen LogP contribution in [0.5, 0.6) is 0 Å². The lowest BCUT2D eigenvalue weighted by Crippen LogP contribution is -1.85. The maximum atomic E-state index is 13.3. The van der Waals surface area contributed by atoms with Gasteiger partial charge in [-0.3, -0.25) is 4.79 Å². The first-order valence-corrected chi connectivity index (χ1v) is 5.88. The van der Waals surface area contributed by atoms with Gasteiger partial charge in [-0.25, -0.2) is 9.37 Å². The Balaban J connectivity index is 2.14. The molecule has 94 valence electrons. The predicted octanol–water partition coefficient (Wildman–Crippen LogP) is 3.26. The molecule has 3 rings (SSSR count). The highest BCUT2D eigenvalue weighted by Gasteiger charge is 2.06. The normalized spacial score (nSPS) is 10.8. The zero-order valence-corrected chi connectivity index (χ0v) is 10.3. The van der Waals surface area contributed by atoms with Gasteiger partial charge in [0, 0.05) is 23.5 Å². The Morgan fingerprint density at radius 1 is 1.26 bits per heavy atom. The van der Waals surface area contributed by atoms with Crippen molar-refractivity contribution in [2.75, 3.05) is 0 Å². The SMILES string of the molecule is Cc1cc(-c2cn3ccc(C=O)cc3n2)ccc1F. The third-order valence-electron chi connectivity index (χ3n) is 3.07. The largest absolute Gasteiger partial charge is 0.306 e. The number of hydrogen-bond acceptors (Lipinski definition) is 2. The Kier molecular flexibility index (Phi) is 2.63. The number of aldehydes is 1. The van der Waals surface area contributed by atoms with E-state index in [1.165, 1.54) is 6.07 Å². The lowest BCUT2D eigenvalue weighted by atomic mass is 10.1. The van der Waals surface area contributed by atoms with Gasteiger partial charge in [-0.15, -0.1) is 0 Å². The summed E-state index contributed by atoms with van der Waals surface area (Å²) in [6.07, 6.45) is 4.43. The van der Waals surface area contributed by atoms with E-state index in [4.69, 9.17) is 0 Å². The maximum absolute atomic E-state index is 13.3. The van der Waals surface area contributed by atoms with Crippen molar-refractivity contribution in [2.45, 2.75) is 6.92 Å². The van der Waals surface area contributed by atoms with Crippen molar-refractivity contribution in [3.05, 3.63) is 59.7 Å². The predicted molar refractivity (Wildman–Crippen MR) is 70.7 cm³/mol. The number of rotatable bonds is 2. The molecular formula is C15H11FN2O. The zero-order valence-electron chi connectivity index (χ0n) is 10.3. The molecule has 0 saturated carbocycles. The molecule has 0 radical (unpaired) electrons. The third-order valence-corrected chi connectivity index (χ3v) is 3.07. The Morgan fingerprint density at radius 3 is 2.84 bits per heavy atom. The van der Waals surface area contributed by atoms with E-state index in [0.29, 0.717) is 16.8 Å². The molecule has 4 heteroatoms. The Morgan fingerprint density at radius 2 is 2.11 bits per heavy atom. The lowest BCUT2D eigenvalue weighted by Gasteiger charge is -1.99. The molecule has 0 saturated heterocycles. The summed E-state index contributed by atoms with van der Waals surface area (Å²) in [5.41, 5.74) is 3.48. The average molecular weight is 254 g/mol. The van der Waals surface area contributed by atoms with E-state index >= 15 is 0 Å². The molecule has 0 fully saturated rings. The number of hydrogen-bond donors (Lipinski definition) is 0. The highest BCUT2D eigenvalue weighted by Crippen LogP contribution is 2.21. The molecule has 3 aromatic rings. The molecule has 0 unspecified atom stereocenters. The molecule has 0 aliphatic heterocycles. The van der Waals surface area contributed by atoms with Crippen LogP contribution in [-0.4, -0.2) is 15.7 Å². The van der Waals surface area contributed by atoms with Crippen molar-refractivity contribution in [3.63, 3.8) is 0 Å². The van der Waals surface area contributed by atoms with Crippen molar-refractivity contribution in [1.82, 2.24) is 9.38 Å². The molecule has 2 heterocycles. The van der Waals surface area contributed by atoms with Gasteiger partial charge in [0.05, 0.1) is 5.69 Å². The number of benzene rings is 1. The summed E-state index contributed by atoms with van der Waals surface area (Å²) in [5, 5.41) is 0. The Bertz CT molecular complexity index is 777. The van der Waals surface area contributed by atoms with Crippen molar-refractivity contribution in [3.8, 4) is 11.3 Å². The van der Waals surface area contributed by atoms with Crippen LogP contribution in [0.15, 0.2) is 42.7 Å². The van der Waals surface area contributed by atoms with Crippen LogP contribution < -0.4 is 0 Å². The van der Waals surface area contributed by atoms with E-state index < -0.39 is 0 Å². The number of carbonyl (C=O) groups is 1. The van der Waals surface area contributed by atoms with Crippen molar-refractivity contribution < 1.29 is 9.18 Å². The molecule has 0 amide bonds. The molecule has 0 bridgehead atoms. The second kappa shape index (κ2) is 4.31. The number of imidazole rings is 1. The van der Waals surface area contributed by atoms with Gasteiger partial charge in [0.2, 0.25) is 0 Å². The fraction of sp³-hybridized carbons (Fsp3) is 0.0667. The van der Waals surface area contributed by atoms with Crippen molar-refractivity contribution in [2.24, 2.45) is 0 Å². The van der Waals surface area contributed by atoms with Gasteiger partial charge >= 0.3 is 0 Å². The zero-order chi connectivity index (χ0) is 13.4. The van der Waals surface area contributed by atoms with Crippen LogP contribution in [0, 0.1) is 12.7 Å². The summed E-state index contributed by atoms with van der Waals surface area (Å²) < 4.78 is 15.1. The van der Waals surface area contributed by atoms with Crippen LogP contribution in [0.1, 0.15) is 15.9 Å². The van der Waals surface area contributed by atoms with E-state index in [0.717, 1.165) is 17.5 Å². The summed E-state index contributed by atoms with van der Waals surface area (Å²) in [6.45, 7) is 1.72.